The van der Waals surface area contributed by atoms with Crippen LogP contribution < -0.4 is 5.32 Å². The Morgan fingerprint density at radius 1 is 1.00 bits per heavy atom. The van der Waals surface area contributed by atoms with Crippen LogP contribution in [0.3, 0.4) is 0 Å². The van der Waals surface area contributed by atoms with Crippen LogP contribution in [0, 0.1) is 4.91 Å². The molecule has 4 rings (SSSR count). The fraction of sp³-hybridized carbons (Fsp3) is 0.417. The number of amides is 2. The first-order chi connectivity index (χ1) is 15.4. The molecule has 0 bridgehead atoms. The highest BCUT2D eigenvalue weighted by Gasteiger charge is 2.50. The average Bonchev–Trinajstić information content (AvgIpc) is 3.60. The van der Waals surface area contributed by atoms with Crippen LogP contribution in [0.2, 0.25) is 0 Å². The molecule has 1 saturated heterocycles. The zero-order valence-electron chi connectivity index (χ0n) is 18.4. The SMILES string of the molecule is CNc1cc(-c2ccc(C(=O)N3CCN(C(=O)C4(O)CC4)CC3)cc2)ccc1C(C)N=O. The lowest BCUT2D eigenvalue weighted by Gasteiger charge is -2.35. The van der Waals surface area contributed by atoms with Gasteiger partial charge in [-0.25, -0.2) is 0 Å². The van der Waals surface area contributed by atoms with Gasteiger partial charge in [0.25, 0.3) is 11.8 Å². The van der Waals surface area contributed by atoms with Crippen LogP contribution in [-0.2, 0) is 4.79 Å². The maximum absolute atomic E-state index is 12.9. The van der Waals surface area contributed by atoms with Gasteiger partial charge in [-0.2, -0.15) is 4.91 Å². The Kier molecular flexibility index (Phi) is 5.97. The predicted molar refractivity (Wildman–Crippen MR) is 122 cm³/mol. The van der Waals surface area contributed by atoms with E-state index in [1.54, 1.807) is 23.8 Å². The summed E-state index contributed by atoms with van der Waals surface area (Å²) in [6.07, 6.45) is 1.06. The number of anilines is 1. The van der Waals surface area contributed by atoms with Crippen LogP contribution in [0.5, 0.6) is 0 Å². The monoisotopic (exact) mass is 436 g/mol. The number of carbonyl (C=O) groups excluding carboxylic acids is 2. The number of benzene rings is 2. The second-order valence-corrected chi connectivity index (χ2v) is 8.53. The van der Waals surface area contributed by atoms with Gasteiger partial charge in [0, 0.05) is 50.0 Å². The zero-order chi connectivity index (χ0) is 22.9. The topological polar surface area (TPSA) is 102 Å². The van der Waals surface area contributed by atoms with E-state index in [0.29, 0.717) is 44.6 Å². The number of nitroso groups, excluding NO2 is 1. The van der Waals surface area contributed by atoms with Crippen LogP contribution in [0.1, 0.15) is 41.7 Å². The van der Waals surface area contributed by atoms with Crippen molar-refractivity contribution in [2.45, 2.75) is 31.4 Å². The molecule has 2 aliphatic rings. The van der Waals surface area contributed by atoms with Crippen molar-refractivity contribution in [2.24, 2.45) is 5.18 Å². The predicted octanol–water partition coefficient (Wildman–Crippen LogP) is 3.03. The normalized spacial score (nSPS) is 18.1. The summed E-state index contributed by atoms with van der Waals surface area (Å²) in [6.45, 7) is 3.56. The number of carbonyl (C=O) groups is 2. The minimum Gasteiger partial charge on any atom is -0.388 e. The van der Waals surface area contributed by atoms with Crippen molar-refractivity contribution in [1.82, 2.24) is 9.80 Å². The first kappa shape index (κ1) is 22.0. The summed E-state index contributed by atoms with van der Waals surface area (Å²) in [4.78, 5) is 39.5. The molecule has 0 radical (unpaired) electrons. The lowest BCUT2D eigenvalue weighted by Crippen LogP contribution is -2.53. The van der Waals surface area contributed by atoms with Crippen LogP contribution in [0.25, 0.3) is 11.1 Å². The minimum absolute atomic E-state index is 0.0640. The summed E-state index contributed by atoms with van der Waals surface area (Å²) >= 11 is 0. The molecule has 1 saturated carbocycles. The van der Waals surface area contributed by atoms with Crippen LogP contribution in [0.4, 0.5) is 5.69 Å². The van der Waals surface area contributed by atoms with Gasteiger partial charge in [0.1, 0.15) is 11.6 Å². The van der Waals surface area contributed by atoms with Crippen LogP contribution in [-0.4, -0.2) is 65.5 Å². The Morgan fingerprint density at radius 3 is 2.16 bits per heavy atom. The maximum atomic E-state index is 12.9. The highest BCUT2D eigenvalue weighted by molar-refractivity contribution is 5.95. The molecule has 168 valence electrons. The standard InChI is InChI=1S/C24H28N4O4/c1-16(26-32)20-8-7-19(15-21(20)25-2)17-3-5-18(6-4-17)22(29)27-11-13-28(14-12-27)23(30)24(31)9-10-24/h3-8,15-16,25,31H,9-14H2,1-2H3. The zero-order valence-corrected chi connectivity index (χ0v) is 18.4. The first-order valence-corrected chi connectivity index (χ1v) is 10.9. The summed E-state index contributed by atoms with van der Waals surface area (Å²) in [5, 5.41) is 16.2. The summed E-state index contributed by atoms with van der Waals surface area (Å²) in [5.41, 5.74) is 3.06. The Bertz CT molecular complexity index is 1020. The summed E-state index contributed by atoms with van der Waals surface area (Å²) in [7, 11) is 1.81. The van der Waals surface area contributed by atoms with Crippen LogP contribution in [0.15, 0.2) is 47.6 Å². The Balaban J connectivity index is 1.42. The Labute approximate surface area is 187 Å². The third kappa shape index (κ3) is 4.23. The van der Waals surface area contributed by atoms with Gasteiger partial charge in [-0.15, -0.1) is 0 Å². The molecule has 1 unspecified atom stereocenters. The van der Waals surface area contributed by atoms with E-state index < -0.39 is 11.6 Å². The molecule has 8 nitrogen and oxygen atoms in total. The van der Waals surface area contributed by atoms with Crippen molar-refractivity contribution in [2.75, 3.05) is 38.5 Å². The fourth-order valence-corrected chi connectivity index (χ4v) is 4.10. The summed E-state index contributed by atoms with van der Waals surface area (Å²) < 4.78 is 0. The second kappa shape index (κ2) is 8.70. The number of hydrogen-bond acceptors (Lipinski definition) is 6. The van der Waals surface area contributed by atoms with E-state index in [0.717, 1.165) is 22.4 Å². The van der Waals surface area contributed by atoms with E-state index in [9.17, 15) is 19.6 Å². The molecule has 2 aromatic rings. The first-order valence-electron chi connectivity index (χ1n) is 10.9. The van der Waals surface area contributed by atoms with E-state index >= 15 is 0 Å². The summed E-state index contributed by atoms with van der Waals surface area (Å²) in [6, 6.07) is 12.8. The fourth-order valence-electron chi connectivity index (χ4n) is 4.10. The van der Waals surface area contributed by atoms with Crippen molar-refractivity contribution < 1.29 is 14.7 Å². The van der Waals surface area contributed by atoms with E-state index in [1.807, 2.05) is 42.5 Å². The highest BCUT2D eigenvalue weighted by Crippen LogP contribution is 2.37. The molecule has 32 heavy (non-hydrogen) atoms. The number of rotatable bonds is 6. The quantitative estimate of drug-likeness (QED) is 0.678. The Hall–Kier alpha value is -3.26. The largest absolute Gasteiger partial charge is 0.388 e. The molecular formula is C24H28N4O4. The van der Waals surface area contributed by atoms with Crippen molar-refractivity contribution in [3.05, 3.63) is 58.5 Å². The lowest BCUT2D eigenvalue weighted by molar-refractivity contribution is -0.143. The third-order valence-electron chi connectivity index (χ3n) is 6.37. The third-order valence-corrected chi connectivity index (χ3v) is 6.37. The number of nitrogens with zero attached hydrogens (tertiary/aromatic N) is 3. The highest BCUT2D eigenvalue weighted by atomic mass is 16.3. The molecule has 1 aliphatic heterocycles. The van der Waals surface area contributed by atoms with E-state index in [1.165, 1.54) is 0 Å². The van der Waals surface area contributed by atoms with Crippen molar-refractivity contribution in [1.29, 1.82) is 0 Å². The van der Waals surface area contributed by atoms with Crippen molar-refractivity contribution >= 4 is 17.5 Å². The summed E-state index contributed by atoms with van der Waals surface area (Å²) in [5.74, 6) is -0.273. The maximum Gasteiger partial charge on any atom is 0.254 e. The molecule has 2 amide bonds. The van der Waals surface area contributed by atoms with Gasteiger partial charge < -0.3 is 20.2 Å². The number of hydrogen-bond donors (Lipinski definition) is 2. The van der Waals surface area contributed by atoms with E-state index in [4.69, 9.17) is 0 Å². The molecule has 2 aromatic carbocycles. The molecule has 2 N–H and O–H groups in total. The van der Waals surface area contributed by atoms with Gasteiger partial charge in [-0.1, -0.05) is 29.4 Å². The van der Waals surface area contributed by atoms with Crippen LogP contribution >= 0.6 is 0 Å². The number of nitrogens with one attached hydrogen (secondary N) is 1. The molecule has 1 heterocycles. The smallest absolute Gasteiger partial charge is 0.254 e. The van der Waals surface area contributed by atoms with Gasteiger partial charge in [0.05, 0.1) is 0 Å². The molecular weight excluding hydrogens is 408 g/mol. The molecule has 1 aliphatic carbocycles. The molecule has 0 spiro atoms. The van der Waals surface area contributed by atoms with Gasteiger partial charge in [0.2, 0.25) is 0 Å². The van der Waals surface area contributed by atoms with Gasteiger partial charge in [-0.05, 0) is 49.1 Å². The molecule has 1 atom stereocenters. The second-order valence-electron chi connectivity index (χ2n) is 8.53. The van der Waals surface area contributed by atoms with Gasteiger partial charge in [0.15, 0.2) is 0 Å². The lowest BCUT2D eigenvalue weighted by atomic mass is 9.98. The molecule has 2 fully saturated rings. The molecule has 0 aromatic heterocycles. The number of aliphatic hydroxyl groups is 1. The van der Waals surface area contributed by atoms with Crippen molar-refractivity contribution in [3.63, 3.8) is 0 Å². The average molecular weight is 437 g/mol. The van der Waals surface area contributed by atoms with E-state index in [2.05, 4.69) is 10.5 Å². The van der Waals surface area contributed by atoms with Crippen molar-refractivity contribution in [3.8, 4) is 11.1 Å². The van der Waals surface area contributed by atoms with Gasteiger partial charge in [-0.3, -0.25) is 9.59 Å². The number of piperazine rings is 1. The molecule has 8 heteroatoms. The minimum atomic E-state index is -1.16. The van der Waals surface area contributed by atoms with E-state index in [-0.39, 0.29) is 11.8 Å². The Morgan fingerprint density at radius 2 is 1.59 bits per heavy atom. The van der Waals surface area contributed by atoms with Gasteiger partial charge >= 0.3 is 0 Å².